The van der Waals surface area contributed by atoms with Gasteiger partial charge in [-0.15, -0.1) is 0 Å². The van der Waals surface area contributed by atoms with Gasteiger partial charge >= 0.3 is 0 Å². The number of para-hydroxylation sites is 2. The van der Waals surface area contributed by atoms with Crippen LogP contribution in [-0.2, 0) is 16.1 Å². The zero-order valence-electron chi connectivity index (χ0n) is 20.3. The molecule has 2 aromatic carbocycles. The molecular formula is C27H34N4O3. The lowest BCUT2D eigenvalue weighted by atomic mass is 10.1. The summed E-state index contributed by atoms with van der Waals surface area (Å²) in [4.78, 5) is 32.6. The minimum absolute atomic E-state index is 0.0818. The summed E-state index contributed by atoms with van der Waals surface area (Å²) in [5.74, 6) is 1.25. The van der Waals surface area contributed by atoms with Crippen LogP contribution in [0.4, 0.5) is 0 Å². The Labute approximate surface area is 201 Å². The maximum Gasteiger partial charge on any atom is 0.258 e. The Bertz CT molecular complexity index is 1160. The maximum absolute atomic E-state index is 13.1. The lowest BCUT2D eigenvalue weighted by Crippen LogP contribution is -2.36. The van der Waals surface area contributed by atoms with Crippen molar-refractivity contribution >= 4 is 22.8 Å². The highest BCUT2D eigenvalue weighted by Crippen LogP contribution is 2.22. The summed E-state index contributed by atoms with van der Waals surface area (Å²) in [6.07, 6.45) is 4.46. The number of aromatic nitrogens is 2. The molecule has 0 aliphatic carbocycles. The molecule has 2 amide bonds. The second kappa shape index (κ2) is 10.7. The Morgan fingerprint density at radius 2 is 1.79 bits per heavy atom. The normalized spacial score (nSPS) is 15.1. The number of fused-ring (bicyclic) bond motifs is 1. The Morgan fingerprint density at radius 3 is 2.56 bits per heavy atom. The fourth-order valence-corrected chi connectivity index (χ4v) is 4.50. The van der Waals surface area contributed by atoms with E-state index in [2.05, 4.69) is 5.32 Å². The standard InChI is InChI=1S/C27H34N4O3/c1-19-12-13-20(2)24(16-19)34-18-25(32)28-21(3)27-29-22-10-6-7-11-23(22)31(27)17-26(33)30-14-8-4-5-9-15-30/h6-7,10-13,16,21H,4-5,8-9,14-15,17-18H2,1-3H3,(H,28,32). The van der Waals surface area contributed by atoms with Crippen LogP contribution in [0.3, 0.4) is 0 Å². The molecule has 0 spiro atoms. The predicted molar refractivity (Wildman–Crippen MR) is 133 cm³/mol. The molecule has 1 aliphatic rings. The molecule has 34 heavy (non-hydrogen) atoms. The number of benzene rings is 2. The number of imidazole rings is 1. The van der Waals surface area contributed by atoms with Gasteiger partial charge in [-0.05, 0) is 62.9 Å². The van der Waals surface area contributed by atoms with Crippen LogP contribution in [0.5, 0.6) is 5.75 Å². The lowest BCUT2D eigenvalue weighted by Gasteiger charge is -2.22. The van der Waals surface area contributed by atoms with Crippen LogP contribution in [0.2, 0.25) is 0 Å². The Kier molecular flexibility index (Phi) is 7.50. The number of ether oxygens (including phenoxy) is 1. The average Bonchev–Trinajstić information content (AvgIpc) is 2.98. The van der Waals surface area contributed by atoms with Gasteiger partial charge in [-0.2, -0.15) is 0 Å². The second-order valence-electron chi connectivity index (χ2n) is 9.19. The van der Waals surface area contributed by atoms with E-state index >= 15 is 0 Å². The topological polar surface area (TPSA) is 76.5 Å². The van der Waals surface area contributed by atoms with E-state index in [1.165, 1.54) is 12.8 Å². The molecule has 1 N–H and O–H groups in total. The van der Waals surface area contributed by atoms with Gasteiger partial charge in [-0.3, -0.25) is 9.59 Å². The van der Waals surface area contributed by atoms with E-state index in [0.29, 0.717) is 11.6 Å². The third-order valence-electron chi connectivity index (χ3n) is 6.40. The number of likely N-dealkylation sites (tertiary alicyclic amines) is 1. The minimum Gasteiger partial charge on any atom is -0.483 e. The fraction of sp³-hybridized carbons (Fsp3) is 0.444. The average molecular weight is 463 g/mol. The van der Waals surface area contributed by atoms with Crippen molar-refractivity contribution in [3.8, 4) is 5.75 Å². The van der Waals surface area contributed by atoms with Crippen molar-refractivity contribution in [2.24, 2.45) is 0 Å². The van der Waals surface area contributed by atoms with E-state index in [1.807, 2.05) is 72.7 Å². The third-order valence-corrected chi connectivity index (χ3v) is 6.40. The molecule has 2 heterocycles. The van der Waals surface area contributed by atoms with Crippen LogP contribution >= 0.6 is 0 Å². The molecule has 1 atom stereocenters. The van der Waals surface area contributed by atoms with Gasteiger partial charge < -0.3 is 19.5 Å². The summed E-state index contributed by atoms with van der Waals surface area (Å²) in [5, 5.41) is 2.99. The van der Waals surface area contributed by atoms with Gasteiger partial charge in [0.2, 0.25) is 5.91 Å². The lowest BCUT2D eigenvalue weighted by molar-refractivity contribution is -0.131. The minimum atomic E-state index is -0.376. The number of hydrogen-bond donors (Lipinski definition) is 1. The number of carbonyl (C=O) groups is 2. The molecule has 0 bridgehead atoms. The van der Waals surface area contributed by atoms with Gasteiger partial charge in [0.1, 0.15) is 18.1 Å². The van der Waals surface area contributed by atoms with Gasteiger partial charge in [0.25, 0.3) is 5.91 Å². The van der Waals surface area contributed by atoms with E-state index < -0.39 is 0 Å². The summed E-state index contributed by atoms with van der Waals surface area (Å²) in [7, 11) is 0. The van der Waals surface area contributed by atoms with Crippen LogP contribution < -0.4 is 10.1 Å². The molecule has 7 heteroatoms. The Hall–Kier alpha value is -3.35. The predicted octanol–water partition coefficient (Wildman–Crippen LogP) is 4.31. The third kappa shape index (κ3) is 5.58. The highest BCUT2D eigenvalue weighted by Gasteiger charge is 2.23. The summed E-state index contributed by atoms with van der Waals surface area (Å²) in [5.41, 5.74) is 3.78. The number of nitrogens with one attached hydrogen (secondary N) is 1. The number of rotatable bonds is 7. The van der Waals surface area contributed by atoms with E-state index in [1.54, 1.807) is 0 Å². The number of hydrogen-bond acceptors (Lipinski definition) is 4. The first-order valence-electron chi connectivity index (χ1n) is 12.1. The van der Waals surface area contributed by atoms with E-state index in [4.69, 9.17) is 9.72 Å². The first-order valence-corrected chi connectivity index (χ1v) is 12.1. The van der Waals surface area contributed by atoms with Crippen molar-refractivity contribution in [2.45, 2.75) is 59.0 Å². The molecule has 1 saturated heterocycles. The molecule has 180 valence electrons. The monoisotopic (exact) mass is 462 g/mol. The fourth-order valence-electron chi connectivity index (χ4n) is 4.50. The van der Waals surface area contributed by atoms with Crippen molar-refractivity contribution < 1.29 is 14.3 Å². The summed E-state index contributed by atoms with van der Waals surface area (Å²) < 4.78 is 7.70. The second-order valence-corrected chi connectivity index (χ2v) is 9.19. The first kappa shape index (κ1) is 23.8. The van der Waals surface area contributed by atoms with Crippen molar-refractivity contribution in [1.82, 2.24) is 19.8 Å². The molecular weight excluding hydrogens is 428 g/mol. The van der Waals surface area contributed by atoms with Crippen LogP contribution in [0.15, 0.2) is 42.5 Å². The molecule has 3 aromatic rings. The van der Waals surface area contributed by atoms with Crippen LogP contribution in [0, 0.1) is 13.8 Å². The van der Waals surface area contributed by atoms with Crippen molar-refractivity contribution in [1.29, 1.82) is 0 Å². The number of amides is 2. The van der Waals surface area contributed by atoms with Gasteiger partial charge in [0.15, 0.2) is 6.61 Å². The molecule has 0 radical (unpaired) electrons. The summed E-state index contributed by atoms with van der Waals surface area (Å²) in [6.45, 7) is 7.59. The van der Waals surface area contributed by atoms with Gasteiger partial charge in [-0.1, -0.05) is 37.1 Å². The first-order chi connectivity index (χ1) is 16.4. The molecule has 1 aliphatic heterocycles. The number of carbonyl (C=O) groups excluding carboxylic acids is 2. The Balaban J connectivity index is 1.48. The SMILES string of the molecule is Cc1ccc(C)c(OCC(=O)NC(C)c2nc3ccccc3n2CC(=O)N2CCCCCC2)c1. The number of nitrogens with zero attached hydrogens (tertiary/aromatic N) is 3. The van der Waals surface area contributed by atoms with Crippen LogP contribution in [0.1, 0.15) is 55.6 Å². The highest BCUT2D eigenvalue weighted by atomic mass is 16.5. The van der Waals surface area contributed by atoms with Crippen LogP contribution in [-0.4, -0.2) is 46.0 Å². The molecule has 4 rings (SSSR count). The Morgan fingerprint density at radius 1 is 1.06 bits per heavy atom. The molecule has 0 saturated carbocycles. The van der Waals surface area contributed by atoms with Gasteiger partial charge in [-0.25, -0.2) is 4.98 Å². The zero-order chi connectivity index (χ0) is 24.1. The quantitative estimate of drug-likeness (QED) is 0.568. The van der Waals surface area contributed by atoms with Gasteiger partial charge in [0, 0.05) is 13.1 Å². The zero-order valence-corrected chi connectivity index (χ0v) is 20.3. The van der Waals surface area contributed by atoms with Crippen LogP contribution in [0.25, 0.3) is 11.0 Å². The summed E-state index contributed by atoms with van der Waals surface area (Å²) in [6, 6.07) is 13.3. The maximum atomic E-state index is 13.1. The molecule has 1 aromatic heterocycles. The van der Waals surface area contributed by atoms with Gasteiger partial charge in [0.05, 0.1) is 17.1 Å². The van der Waals surface area contributed by atoms with Crippen molar-refractivity contribution in [3.05, 3.63) is 59.4 Å². The smallest absolute Gasteiger partial charge is 0.258 e. The molecule has 1 fully saturated rings. The summed E-state index contributed by atoms with van der Waals surface area (Å²) >= 11 is 0. The highest BCUT2D eigenvalue weighted by molar-refractivity contribution is 5.82. The number of aryl methyl sites for hydroxylation is 2. The van der Waals surface area contributed by atoms with Crippen molar-refractivity contribution in [2.75, 3.05) is 19.7 Å². The van der Waals surface area contributed by atoms with Crippen molar-refractivity contribution in [3.63, 3.8) is 0 Å². The largest absolute Gasteiger partial charge is 0.483 e. The van der Waals surface area contributed by atoms with E-state index in [9.17, 15) is 9.59 Å². The molecule has 1 unspecified atom stereocenters. The van der Waals surface area contributed by atoms with E-state index in [-0.39, 0.29) is 31.0 Å². The van der Waals surface area contributed by atoms with E-state index in [0.717, 1.165) is 48.1 Å². The molecule has 7 nitrogen and oxygen atoms in total.